The van der Waals surface area contributed by atoms with Crippen LogP contribution in [0, 0.1) is 12.3 Å². The molecule has 0 saturated heterocycles. The zero-order valence-electron chi connectivity index (χ0n) is 17.6. The van der Waals surface area contributed by atoms with Crippen molar-refractivity contribution in [3.8, 4) is 12.3 Å². The van der Waals surface area contributed by atoms with Crippen LogP contribution in [-0.2, 0) is 10.8 Å². The highest BCUT2D eigenvalue weighted by Crippen LogP contribution is 2.37. The lowest BCUT2D eigenvalue weighted by Gasteiger charge is -2.44. The third kappa shape index (κ3) is 4.70. The molecule has 1 unspecified atom stereocenters. The summed E-state index contributed by atoms with van der Waals surface area (Å²) >= 11 is 0. The van der Waals surface area contributed by atoms with Crippen LogP contribution in [0.3, 0.4) is 0 Å². The van der Waals surface area contributed by atoms with E-state index in [1.54, 1.807) is 0 Å². The van der Waals surface area contributed by atoms with E-state index in [1.165, 1.54) is 15.9 Å². The van der Waals surface area contributed by atoms with Gasteiger partial charge >= 0.3 is 0 Å². The summed E-state index contributed by atoms with van der Waals surface area (Å²) < 4.78 is 7.05. The number of aryl methyl sites for hydroxylation is 1. The van der Waals surface area contributed by atoms with Crippen molar-refractivity contribution in [2.75, 3.05) is 0 Å². The predicted molar refractivity (Wildman–Crippen MR) is 126 cm³/mol. The normalized spacial score (nSPS) is 12.9. The second kappa shape index (κ2) is 9.26. The maximum atomic E-state index is 7.05. The third-order valence-electron chi connectivity index (χ3n) is 5.46. The molecular formula is C27H30OSi. The van der Waals surface area contributed by atoms with Crippen molar-refractivity contribution in [3.05, 3.63) is 96.6 Å². The standard InChI is InChI=1S/C27H30OSi/c1-5-24(22-21-23-15-9-6-10-16-23)28-29(27(2,3)4,25-17-11-7-12-18-25)26-19-13-8-14-20-26/h1,6-20,24H,21-22H2,2-4H3. The van der Waals surface area contributed by atoms with Gasteiger partial charge in [0.1, 0.15) is 6.10 Å². The molecule has 0 bridgehead atoms. The van der Waals surface area contributed by atoms with Crippen LogP contribution >= 0.6 is 0 Å². The molecule has 29 heavy (non-hydrogen) atoms. The molecule has 0 aliphatic heterocycles. The lowest BCUT2D eigenvalue weighted by Crippen LogP contribution is -2.67. The molecule has 0 radical (unpaired) electrons. The first-order chi connectivity index (χ1) is 14.0. The average molecular weight is 399 g/mol. The van der Waals surface area contributed by atoms with Crippen molar-refractivity contribution in [1.82, 2.24) is 0 Å². The van der Waals surface area contributed by atoms with E-state index in [9.17, 15) is 0 Å². The fourth-order valence-corrected chi connectivity index (χ4v) is 8.65. The van der Waals surface area contributed by atoms with E-state index in [0.717, 1.165) is 12.8 Å². The van der Waals surface area contributed by atoms with Gasteiger partial charge in [-0.25, -0.2) is 0 Å². The van der Waals surface area contributed by atoms with Crippen LogP contribution in [0.4, 0.5) is 0 Å². The minimum atomic E-state index is -2.61. The van der Waals surface area contributed by atoms with Gasteiger partial charge in [0.2, 0.25) is 0 Å². The molecule has 0 saturated carbocycles. The molecular weight excluding hydrogens is 368 g/mol. The van der Waals surface area contributed by atoms with E-state index in [0.29, 0.717) is 0 Å². The van der Waals surface area contributed by atoms with E-state index in [2.05, 4.69) is 112 Å². The Labute approximate surface area is 176 Å². The summed E-state index contributed by atoms with van der Waals surface area (Å²) in [6.45, 7) is 6.85. The van der Waals surface area contributed by atoms with Gasteiger partial charge in [0.15, 0.2) is 0 Å². The Kier molecular flexibility index (Phi) is 6.74. The highest BCUT2D eigenvalue weighted by molar-refractivity contribution is 6.99. The summed E-state index contributed by atoms with van der Waals surface area (Å²) in [4.78, 5) is 0. The minimum Gasteiger partial charge on any atom is -0.394 e. The molecule has 148 valence electrons. The van der Waals surface area contributed by atoms with Crippen LogP contribution in [-0.4, -0.2) is 14.4 Å². The number of rotatable bonds is 7. The SMILES string of the molecule is C#CC(CCc1ccccc1)O[Si](c1ccccc1)(c1ccccc1)C(C)(C)C. The molecule has 0 fully saturated rings. The maximum Gasteiger partial charge on any atom is 0.262 e. The number of hydrogen-bond acceptors (Lipinski definition) is 1. The summed E-state index contributed by atoms with van der Waals surface area (Å²) in [6, 6.07) is 31.8. The second-order valence-corrected chi connectivity index (χ2v) is 12.7. The van der Waals surface area contributed by atoms with Gasteiger partial charge in [-0.3, -0.25) is 0 Å². The molecule has 0 spiro atoms. The van der Waals surface area contributed by atoms with Crippen molar-refractivity contribution in [3.63, 3.8) is 0 Å². The monoisotopic (exact) mass is 398 g/mol. The maximum absolute atomic E-state index is 7.05. The molecule has 0 heterocycles. The molecule has 0 amide bonds. The summed E-state index contributed by atoms with van der Waals surface area (Å²) in [6.07, 6.45) is 7.48. The fourth-order valence-electron chi connectivity index (χ4n) is 4.02. The van der Waals surface area contributed by atoms with Crippen molar-refractivity contribution in [2.45, 2.75) is 44.8 Å². The molecule has 0 aromatic heterocycles. The van der Waals surface area contributed by atoms with Crippen molar-refractivity contribution >= 4 is 18.7 Å². The smallest absolute Gasteiger partial charge is 0.262 e. The summed E-state index contributed by atoms with van der Waals surface area (Å²) in [5, 5.41) is 2.45. The van der Waals surface area contributed by atoms with Crippen LogP contribution in [0.1, 0.15) is 32.8 Å². The van der Waals surface area contributed by atoms with E-state index in [1.807, 2.05) is 6.07 Å². The Bertz CT molecular complexity index is 882. The Balaban J connectivity index is 2.01. The number of terminal acetylenes is 1. The fraction of sp³-hybridized carbons (Fsp3) is 0.259. The first-order valence-corrected chi connectivity index (χ1v) is 12.2. The third-order valence-corrected chi connectivity index (χ3v) is 10.5. The number of hydrogen-bond donors (Lipinski definition) is 0. The topological polar surface area (TPSA) is 9.23 Å². The molecule has 0 aliphatic carbocycles. The average Bonchev–Trinajstić information content (AvgIpc) is 2.75. The zero-order chi connectivity index (χ0) is 20.7. The molecule has 0 N–H and O–H groups in total. The largest absolute Gasteiger partial charge is 0.394 e. The lowest BCUT2D eigenvalue weighted by atomic mass is 10.1. The van der Waals surface area contributed by atoms with Gasteiger partial charge in [-0.1, -0.05) is 118 Å². The molecule has 3 aromatic carbocycles. The van der Waals surface area contributed by atoms with Crippen LogP contribution in [0.15, 0.2) is 91.0 Å². The van der Waals surface area contributed by atoms with Gasteiger partial charge in [-0.05, 0) is 33.8 Å². The van der Waals surface area contributed by atoms with Gasteiger partial charge < -0.3 is 4.43 Å². The van der Waals surface area contributed by atoms with Crippen molar-refractivity contribution in [1.29, 1.82) is 0 Å². The highest BCUT2D eigenvalue weighted by Gasteiger charge is 2.51. The van der Waals surface area contributed by atoms with Crippen molar-refractivity contribution < 1.29 is 4.43 Å². The summed E-state index contributed by atoms with van der Waals surface area (Å²) in [5.41, 5.74) is 1.29. The first kappa shape index (κ1) is 21.1. The van der Waals surface area contributed by atoms with Crippen molar-refractivity contribution in [2.24, 2.45) is 0 Å². The van der Waals surface area contributed by atoms with E-state index in [4.69, 9.17) is 10.8 Å². The summed E-state index contributed by atoms with van der Waals surface area (Å²) in [7, 11) is -2.61. The van der Waals surface area contributed by atoms with Gasteiger partial charge in [0.25, 0.3) is 8.32 Å². The Hall–Kier alpha value is -2.60. The number of benzene rings is 3. The minimum absolute atomic E-state index is 0.0719. The zero-order valence-corrected chi connectivity index (χ0v) is 18.6. The molecule has 2 heteroatoms. The van der Waals surface area contributed by atoms with Crippen LogP contribution in [0.2, 0.25) is 5.04 Å². The molecule has 1 nitrogen and oxygen atoms in total. The first-order valence-electron chi connectivity index (χ1n) is 10.3. The Morgan fingerprint density at radius 3 is 1.66 bits per heavy atom. The summed E-state index contributed by atoms with van der Waals surface area (Å²) in [5.74, 6) is 2.95. The Morgan fingerprint density at radius 1 is 0.793 bits per heavy atom. The van der Waals surface area contributed by atoms with Gasteiger partial charge in [-0.2, -0.15) is 0 Å². The van der Waals surface area contributed by atoms with Gasteiger partial charge in [0, 0.05) is 0 Å². The predicted octanol–water partition coefficient (Wildman–Crippen LogP) is 5.20. The lowest BCUT2D eigenvalue weighted by molar-refractivity contribution is 0.232. The van der Waals surface area contributed by atoms with Crippen LogP contribution in [0.5, 0.6) is 0 Å². The molecule has 1 atom stereocenters. The molecule has 0 aliphatic rings. The second-order valence-electron chi connectivity index (χ2n) is 8.46. The molecule has 3 aromatic rings. The molecule has 3 rings (SSSR count). The van der Waals surface area contributed by atoms with Crippen LogP contribution in [0.25, 0.3) is 0 Å². The van der Waals surface area contributed by atoms with E-state index < -0.39 is 8.32 Å². The van der Waals surface area contributed by atoms with Gasteiger partial charge in [-0.15, -0.1) is 6.42 Å². The Morgan fingerprint density at radius 2 is 1.24 bits per heavy atom. The van der Waals surface area contributed by atoms with Gasteiger partial charge in [0.05, 0.1) is 0 Å². The highest BCUT2D eigenvalue weighted by atomic mass is 28.4. The van der Waals surface area contributed by atoms with Crippen LogP contribution < -0.4 is 10.4 Å². The van der Waals surface area contributed by atoms with E-state index in [-0.39, 0.29) is 11.1 Å². The quantitative estimate of drug-likeness (QED) is 0.393. The van der Waals surface area contributed by atoms with E-state index >= 15 is 0 Å².